The Kier molecular flexibility index (Phi) is 3.49. The zero-order valence-electron chi connectivity index (χ0n) is 10.1. The molecule has 0 saturated carbocycles. The number of carbonyl (C=O) groups is 1. The Bertz CT molecular complexity index is 526. The molecular formula is C12H14N2O3S. The summed E-state index contributed by atoms with van der Waals surface area (Å²) in [5, 5.41) is 14.5. The van der Waals surface area contributed by atoms with Crippen molar-refractivity contribution < 1.29 is 14.3 Å². The van der Waals surface area contributed by atoms with Gasteiger partial charge in [0.15, 0.2) is 10.8 Å². The first-order valence-corrected chi connectivity index (χ1v) is 6.34. The lowest BCUT2D eigenvalue weighted by molar-refractivity contribution is 0.0692. The molecule has 0 aliphatic carbocycles. The summed E-state index contributed by atoms with van der Waals surface area (Å²) in [7, 11) is 0. The van der Waals surface area contributed by atoms with E-state index in [0.717, 1.165) is 0 Å². The van der Waals surface area contributed by atoms with Crippen molar-refractivity contribution in [3.05, 3.63) is 29.5 Å². The molecule has 2 aromatic heterocycles. The first-order chi connectivity index (χ1) is 8.46. The zero-order chi connectivity index (χ0) is 13.2. The van der Waals surface area contributed by atoms with Crippen molar-refractivity contribution in [3.63, 3.8) is 0 Å². The van der Waals surface area contributed by atoms with Gasteiger partial charge in [-0.25, -0.2) is 4.98 Å². The van der Waals surface area contributed by atoms with Crippen LogP contribution < -0.4 is 5.32 Å². The molecule has 0 atom stereocenters. The number of furan rings is 1. The summed E-state index contributed by atoms with van der Waals surface area (Å²) in [4.78, 5) is 16.0. The van der Waals surface area contributed by atoms with Crippen molar-refractivity contribution in [2.24, 2.45) is 0 Å². The van der Waals surface area contributed by atoms with Gasteiger partial charge < -0.3 is 14.8 Å². The van der Waals surface area contributed by atoms with Gasteiger partial charge >= 0.3 is 0 Å². The first kappa shape index (κ1) is 12.8. The van der Waals surface area contributed by atoms with Crippen molar-refractivity contribution in [2.45, 2.75) is 19.4 Å². The maximum absolute atomic E-state index is 11.8. The molecule has 6 heteroatoms. The van der Waals surface area contributed by atoms with E-state index in [-0.39, 0.29) is 12.5 Å². The fourth-order valence-electron chi connectivity index (χ4n) is 1.28. The highest BCUT2D eigenvalue weighted by molar-refractivity contribution is 7.13. The minimum atomic E-state index is -0.935. The van der Waals surface area contributed by atoms with Crippen LogP contribution in [-0.2, 0) is 0 Å². The first-order valence-electron chi connectivity index (χ1n) is 5.46. The number of nitrogens with zero attached hydrogens (tertiary/aromatic N) is 1. The van der Waals surface area contributed by atoms with Crippen molar-refractivity contribution in [2.75, 3.05) is 6.54 Å². The van der Waals surface area contributed by atoms with Crippen LogP contribution in [0.15, 0.2) is 28.2 Å². The molecule has 18 heavy (non-hydrogen) atoms. The standard InChI is InChI=1S/C12H14N2O3S/c1-12(2,16)7-13-10(15)8-6-18-11(14-8)9-4-3-5-17-9/h3-6,16H,7H2,1-2H3,(H,13,15). The molecule has 0 bridgehead atoms. The Labute approximate surface area is 108 Å². The van der Waals surface area contributed by atoms with E-state index in [1.54, 1.807) is 37.6 Å². The monoisotopic (exact) mass is 266 g/mol. The van der Waals surface area contributed by atoms with E-state index < -0.39 is 5.60 Å². The van der Waals surface area contributed by atoms with Crippen LogP contribution >= 0.6 is 11.3 Å². The lowest BCUT2D eigenvalue weighted by Crippen LogP contribution is -2.38. The summed E-state index contributed by atoms with van der Waals surface area (Å²) in [5.74, 6) is 0.340. The average Bonchev–Trinajstić information content (AvgIpc) is 2.94. The molecule has 0 aliphatic heterocycles. The van der Waals surface area contributed by atoms with Gasteiger partial charge in [-0.15, -0.1) is 11.3 Å². The van der Waals surface area contributed by atoms with Crippen LogP contribution in [0.3, 0.4) is 0 Å². The molecule has 96 valence electrons. The van der Waals surface area contributed by atoms with Crippen molar-refractivity contribution in [1.29, 1.82) is 0 Å². The van der Waals surface area contributed by atoms with Crippen LogP contribution in [0.2, 0.25) is 0 Å². The van der Waals surface area contributed by atoms with Gasteiger partial charge in [-0.3, -0.25) is 4.79 Å². The highest BCUT2D eigenvalue weighted by Crippen LogP contribution is 2.23. The number of hydrogen-bond donors (Lipinski definition) is 2. The molecule has 2 rings (SSSR count). The molecule has 0 spiro atoms. The van der Waals surface area contributed by atoms with Gasteiger partial charge in [-0.05, 0) is 26.0 Å². The average molecular weight is 266 g/mol. The third-order valence-corrected chi connectivity index (χ3v) is 3.01. The minimum Gasteiger partial charge on any atom is -0.462 e. The van der Waals surface area contributed by atoms with Crippen LogP contribution in [0, 0.1) is 0 Å². The Hall–Kier alpha value is -1.66. The second-order valence-corrected chi connectivity index (χ2v) is 5.37. The molecule has 0 aliphatic rings. The number of hydrogen-bond acceptors (Lipinski definition) is 5. The van der Waals surface area contributed by atoms with Gasteiger partial charge in [0, 0.05) is 11.9 Å². The predicted molar refractivity (Wildman–Crippen MR) is 68.4 cm³/mol. The lowest BCUT2D eigenvalue weighted by Gasteiger charge is -2.16. The number of nitrogens with one attached hydrogen (secondary N) is 1. The Morgan fingerprint density at radius 1 is 1.61 bits per heavy atom. The van der Waals surface area contributed by atoms with Crippen LogP contribution in [-0.4, -0.2) is 28.1 Å². The van der Waals surface area contributed by atoms with E-state index >= 15 is 0 Å². The van der Waals surface area contributed by atoms with E-state index in [0.29, 0.717) is 16.5 Å². The summed E-state index contributed by atoms with van der Waals surface area (Å²) >= 11 is 1.34. The summed E-state index contributed by atoms with van der Waals surface area (Å²) in [6, 6.07) is 3.56. The summed E-state index contributed by atoms with van der Waals surface area (Å²) in [6.45, 7) is 3.44. The van der Waals surface area contributed by atoms with E-state index in [2.05, 4.69) is 10.3 Å². The highest BCUT2D eigenvalue weighted by atomic mass is 32.1. The SMILES string of the molecule is CC(C)(O)CNC(=O)c1csc(-c2ccco2)n1. The summed E-state index contributed by atoms with van der Waals surface area (Å²) in [6.07, 6.45) is 1.56. The predicted octanol–water partition coefficient (Wildman–Crippen LogP) is 1.90. The van der Waals surface area contributed by atoms with Crippen LogP contribution in [0.4, 0.5) is 0 Å². The topological polar surface area (TPSA) is 75.4 Å². The Morgan fingerprint density at radius 3 is 3.00 bits per heavy atom. The Balaban J connectivity index is 2.04. The van der Waals surface area contributed by atoms with Gasteiger partial charge in [0.2, 0.25) is 0 Å². The van der Waals surface area contributed by atoms with Crippen molar-refractivity contribution in [3.8, 4) is 10.8 Å². The number of amides is 1. The van der Waals surface area contributed by atoms with Gasteiger partial charge in [-0.1, -0.05) is 0 Å². The van der Waals surface area contributed by atoms with Gasteiger partial charge in [-0.2, -0.15) is 0 Å². The van der Waals surface area contributed by atoms with E-state index in [4.69, 9.17) is 4.42 Å². The van der Waals surface area contributed by atoms with E-state index in [1.165, 1.54) is 11.3 Å². The fourth-order valence-corrected chi connectivity index (χ4v) is 2.04. The molecule has 2 heterocycles. The summed E-state index contributed by atoms with van der Waals surface area (Å²) in [5.41, 5.74) is -0.606. The number of aromatic nitrogens is 1. The smallest absolute Gasteiger partial charge is 0.270 e. The summed E-state index contributed by atoms with van der Waals surface area (Å²) < 4.78 is 5.20. The lowest BCUT2D eigenvalue weighted by atomic mass is 10.1. The van der Waals surface area contributed by atoms with Crippen molar-refractivity contribution >= 4 is 17.2 Å². The second-order valence-electron chi connectivity index (χ2n) is 4.51. The maximum Gasteiger partial charge on any atom is 0.270 e. The molecule has 0 radical (unpaired) electrons. The molecule has 0 aromatic carbocycles. The van der Waals surface area contributed by atoms with E-state index in [9.17, 15) is 9.90 Å². The normalized spacial score (nSPS) is 11.5. The Morgan fingerprint density at radius 2 is 2.39 bits per heavy atom. The molecule has 5 nitrogen and oxygen atoms in total. The number of thiazole rings is 1. The quantitative estimate of drug-likeness (QED) is 0.886. The number of rotatable bonds is 4. The molecule has 2 aromatic rings. The fraction of sp³-hybridized carbons (Fsp3) is 0.333. The molecular weight excluding hydrogens is 252 g/mol. The molecule has 1 amide bonds. The molecule has 0 saturated heterocycles. The molecule has 0 unspecified atom stereocenters. The maximum atomic E-state index is 11.8. The molecule has 2 N–H and O–H groups in total. The van der Waals surface area contributed by atoms with Gasteiger partial charge in [0.1, 0.15) is 5.69 Å². The number of aliphatic hydroxyl groups is 1. The zero-order valence-corrected chi connectivity index (χ0v) is 11.0. The molecule has 0 fully saturated rings. The van der Waals surface area contributed by atoms with Crippen molar-refractivity contribution in [1.82, 2.24) is 10.3 Å². The minimum absolute atomic E-state index is 0.180. The third-order valence-electron chi connectivity index (χ3n) is 2.15. The largest absolute Gasteiger partial charge is 0.462 e. The van der Waals surface area contributed by atoms with Gasteiger partial charge in [0.05, 0.1) is 11.9 Å². The van der Waals surface area contributed by atoms with Crippen LogP contribution in [0.5, 0.6) is 0 Å². The second kappa shape index (κ2) is 4.91. The highest BCUT2D eigenvalue weighted by Gasteiger charge is 2.17. The van der Waals surface area contributed by atoms with E-state index in [1.807, 2.05) is 0 Å². The number of carbonyl (C=O) groups excluding carboxylic acids is 1. The third kappa shape index (κ3) is 3.18. The van der Waals surface area contributed by atoms with Crippen LogP contribution in [0.25, 0.3) is 10.8 Å². The van der Waals surface area contributed by atoms with Crippen LogP contribution in [0.1, 0.15) is 24.3 Å². The van der Waals surface area contributed by atoms with Gasteiger partial charge in [0.25, 0.3) is 5.91 Å².